The number of ether oxygens (including phenoxy) is 1. The third-order valence-corrected chi connectivity index (χ3v) is 3.24. The van der Waals surface area contributed by atoms with E-state index in [1.54, 1.807) is 36.4 Å². The number of carbonyl (C=O) groups is 1. The van der Waals surface area contributed by atoms with Crippen molar-refractivity contribution in [2.45, 2.75) is 13.8 Å². The molecule has 0 atom stereocenters. The van der Waals surface area contributed by atoms with Gasteiger partial charge in [0.2, 0.25) is 0 Å². The summed E-state index contributed by atoms with van der Waals surface area (Å²) in [5, 5.41) is 9.84. The van der Waals surface area contributed by atoms with E-state index >= 15 is 0 Å². The topological polar surface area (TPSA) is 53.3 Å². The van der Waals surface area contributed by atoms with Crippen LogP contribution in [-0.4, -0.2) is 12.5 Å². The van der Waals surface area contributed by atoms with Gasteiger partial charge in [0.25, 0.3) is 5.91 Å². The summed E-state index contributed by atoms with van der Waals surface area (Å²) >= 11 is 5.78. The molecular weight excluding hydrogens is 300 g/mol. The van der Waals surface area contributed by atoms with Crippen molar-refractivity contribution in [1.29, 1.82) is 5.26 Å². The Morgan fingerprint density at radius 3 is 2.32 bits per heavy atom. The quantitative estimate of drug-likeness (QED) is 0.636. The Morgan fingerprint density at radius 1 is 1.18 bits per heavy atom. The first-order valence-electron chi connectivity index (χ1n) is 6.69. The molecule has 2 aromatic rings. The minimum Gasteiger partial charge on any atom is -0.484 e. The van der Waals surface area contributed by atoms with E-state index < -0.39 is 5.91 Å². The molecule has 0 saturated carbocycles. The van der Waals surface area contributed by atoms with Crippen molar-refractivity contribution in [3.8, 4) is 11.9 Å². The standard InChI is InChI=1S/C17H15ClN2O2/c1-12-7-13(2)9-15(8-12)20(11-19)17(21)10-22-16-5-3-14(18)4-6-16/h3-9H,10H2,1-2H3. The highest BCUT2D eigenvalue weighted by Crippen LogP contribution is 2.19. The van der Waals surface area contributed by atoms with Crippen LogP contribution in [0.1, 0.15) is 11.1 Å². The van der Waals surface area contributed by atoms with Crippen LogP contribution in [0.25, 0.3) is 0 Å². The van der Waals surface area contributed by atoms with E-state index in [1.807, 2.05) is 26.1 Å². The van der Waals surface area contributed by atoms with Crippen LogP contribution in [0.3, 0.4) is 0 Å². The van der Waals surface area contributed by atoms with E-state index in [1.165, 1.54) is 0 Å². The van der Waals surface area contributed by atoms with E-state index in [-0.39, 0.29) is 6.61 Å². The van der Waals surface area contributed by atoms with Crippen molar-refractivity contribution in [2.24, 2.45) is 0 Å². The largest absolute Gasteiger partial charge is 0.484 e. The maximum absolute atomic E-state index is 12.2. The zero-order chi connectivity index (χ0) is 16.1. The molecule has 4 nitrogen and oxygen atoms in total. The lowest BCUT2D eigenvalue weighted by Gasteiger charge is -2.15. The fraction of sp³-hybridized carbons (Fsp3) is 0.176. The lowest BCUT2D eigenvalue weighted by molar-refractivity contribution is -0.119. The lowest BCUT2D eigenvalue weighted by Crippen LogP contribution is -2.30. The molecule has 2 aromatic carbocycles. The van der Waals surface area contributed by atoms with Gasteiger partial charge >= 0.3 is 0 Å². The Balaban J connectivity index is 2.09. The Kier molecular flexibility index (Phi) is 5.03. The molecule has 0 heterocycles. The number of anilines is 1. The molecule has 2 rings (SSSR count). The number of hydrogen-bond acceptors (Lipinski definition) is 3. The minimum atomic E-state index is -0.428. The summed E-state index contributed by atoms with van der Waals surface area (Å²) in [4.78, 5) is 13.2. The molecular formula is C17H15ClN2O2. The van der Waals surface area contributed by atoms with Crippen LogP contribution in [0.15, 0.2) is 42.5 Å². The molecule has 0 radical (unpaired) electrons. The normalized spacial score (nSPS) is 9.91. The highest BCUT2D eigenvalue weighted by atomic mass is 35.5. The third kappa shape index (κ3) is 4.00. The molecule has 0 unspecified atom stereocenters. The van der Waals surface area contributed by atoms with Crippen molar-refractivity contribution >= 4 is 23.2 Å². The van der Waals surface area contributed by atoms with Crippen LogP contribution in [-0.2, 0) is 4.79 Å². The number of nitrogens with zero attached hydrogens (tertiary/aromatic N) is 2. The lowest BCUT2D eigenvalue weighted by atomic mass is 10.1. The number of rotatable bonds is 4. The van der Waals surface area contributed by atoms with Gasteiger partial charge in [-0.05, 0) is 61.4 Å². The fourth-order valence-electron chi connectivity index (χ4n) is 2.08. The Hall–Kier alpha value is -2.51. The van der Waals surface area contributed by atoms with Crippen molar-refractivity contribution < 1.29 is 9.53 Å². The van der Waals surface area contributed by atoms with E-state index in [9.17, 15) is 10.1 Å². The van der Waals surface area contributed by atoms with Crippen LogP contribution < -0.4 is 9.64 Å². The first kappa shape index (κ1) is 15.9. The number of amides is 1. The molecule has 22 heavy (non-hydrogen) atoms. The zero-order valence-electron chi connectivity index (χ0n) is 12.3. The van der Waals surface area contributed by atoms with Gasteiger partial charge < -0.3 is 4.74 Å². The van der Waals surface area contributed by atoms with Gasteiger partial charge in [0.05, 0.1) is 5.69 Å². The summed E-state index contributed by atoms with van der Waals surface area (Å²) in [5.41, 5.74) is 2.52. The molecule has 5 heteroatoms. The summed E-state index contributed by atoms with van der Waals surface area (Å²) in [6.45, 7) is 3.61. The average Bonchev–Trinajstić information content (AvgIpc) is 2.46. The SMILES string of the molecule is Cc1cc(C)cc(N(C#N)C(=O)COc2ccc(Cl)cc2)c1. The molecule has 0 saturated heterocycles. The minimum absolute atomic E-state index is 0.220. The van der Waals surface area contributed by atoms with Gasteiger partial charge in [-0.1, -0.05) is 17.7 Å². The highest BCUT2D eigenvalue weighted by Gasteiger charge is 2.16. The number of hydrogen-bond donors (Lipinski definition) is 0. The second-order valence-electron chi connectivity index (χ2n) is 4.92. The molecule has 0 aromatic heterocycles. The first-order chi connectivity index (χ1) is 10.5. The Bertz CT molecular complexity index is 700. The zero-order valence-corrected chi connectivity index (χ0v) is 13.1. The van der Waals surface area contributed by atoms with Crippen molar-refractivity contribution in [1.82, 2.24) is 0 Å². The van der Waals surface area contributed by atoms with Crippen LogP contribution in [0, 0.1) is 25.3 Å². The molecule has 0 N–H and O–H groups in total. The molecule has 1 amide bonds. The molecule has 0 fully saturated rings. The second kappa shape index (κ2) is 6.97. The summed E-state index contributed by atoms with van der Waals surface area (Å²) < 4.78 is 5.39. The number of carbonyl (C=O) groups excluding carboxylic acids is 1. The number of nitriles is 1. The number of benzene rings is 2. The van der Waals surface area contributed by atoms with Crippen molar-refractivity contribution in [2.75, 3.05) is 11.5 Å². The van der Waals surface area contributed by atoms with Gasteiger partial charge in [-0.25, -0.2) is 4.90 Å². The molecule has 0 spiro atoms. The van der Waals surface area contributed by atoms with E-state index in [0.717, 1.165) is 16.0 Å². The van der Waals surface area contributed by atoms with Crippen LogP contribution in [0.2, 0.25) is 5.02 Å². The summed E-state index contributed by atoms with van der Waals surface area (Å²) in [6.07, 6.45) is 1.90. The van der Waals surface area contributed by atoms with Gasteiger partial charge in [0, 0.05) is 5.02 Å². The maximum Gasteiger partial charge on any atom is 0.278 e. The van der Waals surface area contributed by atoms with E-state index in [0.29, 0.717) is 16.5 Å². The highest BCUT2D eigenvalue weighted by molar-refractivity contribution is 6.30. The maximum atomic E-state index is 12.2. The predicted octanol–water partition coefficient (Wildman–Crippen LogP) is 3.85. The van der Waals surface area contributed by atoms with Gasteiger partial charge in [-0.2, -0.15) is 5.26 Å². The van der Waals surface area contributed by atoms with Gasteiger partial charge in [0.1, 0.15) is 5.75 Å². The monoisotopic (exact) mass is 314 g/mol. The third-order valence-electron chi connectivity index (χ3n) is 2.99. The molecule has 112 valence electrons. The van der Waals surface area contributed by atoms with Crippen LogP contribution in [0.4, 0.5) is 5.69 Å². The van der Waals surface area contributed by atoms with Gasteiger partial charge in [-0.3, -0.25) is 4.79 Å². The second-order valence-corrected chi connectivity index (χ2v) is 5.35. The van der Waals surface area contributed by atoms with E-state index in [4.69, 9.17) is 16.3 Å². The summed E-state index contributed by atoms with van der Waals surface area (Å²) in [5.74, 6) is 0.0958. The Morgan fingerprint density at radius 2 is 1.77 bits per heavy atom. The average molecular weight is 315 g/mol. The number of aryl methyl sites for hydroxylation is 2. The fourth-order valence-corrected chi connectivity index (χ4v) is 2.20. The summed E-state index contributed by atoms with van der Waals surface area (Å²) in [7, 11) is 0. The van der Waals surface area contributed by atoms with Crippen molar-refractivity contribution in [3.63, 3.8) is 0 Å². The molecule has 0 aliphatic carbocycles. The first-order valence-corrected chi connectivity index (χ1v) is 7.07. The van der Waals surface area contributed by atoms with E-state index in [2.05, 4.69) is 0 Å². The Labute approximate surface area is 134 Å². The molecule has 0 aliphatic heterocycles. The summed E-state index contributed by atoms with van der Waals surface area (Å²) in [6, 6.07) is 12.2. The van der Waals surface area contributed by atoms with Crippen molar-refractivity contribution in [3.05, 3.63) is 58.6 Å². The molecule has 0 bridgehead atoms. The smallest absolute Gasteiger partial charge is 0.278 e. The number of halogens is 1. The van der Waals surface area contributed by atoms with Crippen LogP contribution >= 0.6 is 11.6 Å². The van der Waals surface area contributed by atoms with Crippen LogP contribution in [0.5, 0.6) is 5.75 Å². The molecule has 0 aliphatic rings. The predicted molar refractivity (Wildman–Crippen MR) is 86.0 cm³/mol. The van der Waals surface area contributed by atoms with Gasteiger partial charge in [-0.15, -0.1) is 0 Å². The van der Waals surface area contributed by atoms with Gasteiger partial charge in [0.15, 0.2) is 12.8 Å².